The molecular formula is C52H84O23. The molecule has 4 heterocycles. The number of rotatable bonds is 11. The summed E-state index contributed by atoms with van der Waals surface area (Å²) in [5.41, 5.74) is -2.57. The molecule has 28 atom stereocenters. The number of hydrogen-bond donors (Lipinski definition) is 14. The molecule has 75 heavy (non-hydrogen) atoms. The van der Waals surface area contributed by atoms with Gasteiger partial charge in [-0.3, -0.25) is 4.79 Å². The molecule has 4 saturated carbocycles. The molecule has 0 spiro atoms. The first-order valence-corrected chi connectivity index (χ1v) is 27.0. The zero-order chi connectivity index (χ0) is 54.7. The van der Waals surface area contributed by atoms with Gasteiger partial charge in [-0.1, -0.05) is 46.3 Å². The Morgan fingerprint density at radius 3 is 1.69 bits per heavy atom. The van der Waals surface area contributed by atoms with E-state index >= 15 is 0 Å². The smallest absolute Gasteiger partial charge is 0.315 e. The largest absolute Gasteiger partial charge is 0.432 e. The summed E-state index contributed by atoms with van der Waals surface area (Å²) < 4.78 is 48.1. The molecule has 430 valence electrons. The van der Waals surface area contributed by atoms with Crippen LogP contribution >= 0.6 is 0 Å². The molecule has 23 nitrogen and oxygen atoms in total. The van der Waals surface area contributed by atoms with Gasteiger partial charge < -0.3 is 109 Å². The van der Waals surface area contributed by atoms with Gasteiger partial charge in [0.2, 0.25) is 6.29 Å². The molecule has 0 aromatic rings. The zero-order valence-corrected chi connectivity index (χ0v) is 43.7. The van der Waals surface area contributed by atoms with Crippen molar-refractivity contribution in [3.8, 4) is 0 Å². The maximum Gasteiger partial charge on any atom is 0.315 e. The molecule has 0 aromatic heterocycles. The highest BCUT2D eigenvalue weighted by Gasteiger charge is 2.70. The Morgan fingerprint density at radius 1 is 0.587 bits per heavy atom. The van der Waals surface area contributed by atoms with Crippen LogP contribution in [0.5, 0.6) is 0 Å². The van der Waals surface area contributed by atoms with E-state index in [9.17, 15) is 76.3 Å². The summed E-state index contributed by atoms with van der Waals surface area (Å²) in [6.45, 7) is 10.5. The molecule has 4 aliphatic heterocycles. The van der Waals surface area contributed by atoms with E-state index in [0.717, 1.165) is 24.8 Å². The van der Waals surface area contributed by atoms with Crippen molar-refractivity contribution in [3.63, 3.8) is 0 Å². The lowest BCUT2D eigenvalue weighted by Crippen LogP contribution is -2.67. The van der Waals surface area contributed by atoms with Crippen molar-refractivity contribution in [2.75, 3.05) is 26.4 Å². The molecule has 0 aromatic carbocycles. The van der Waals surface area contributed by atoms with Crippen LogP contribution in [-0.4, -0.2) is 232 Å². The van der Waals surface area contributed by atoms with Gasteiger partial charge in [-0.2, -0.15) is 0 Å². The number of hydrogen-bond acceptors (Lipinski definition) is 23. The van der Waals surface area contributed by atoms with Gasteiger partial charge in [-0.15, -0.1) is 0 Å². The molecule has 0 radical (unpaired) electrons. The third-order valence-corrected chi connectivity index (χ3v) is 20.8. The summed E-state index contributed by atoms with van der Waals surface area (Å²) in [6.07, 6.45) is -23.4. The minimum Gasteiger partial charge on any atom is -0.432 e. The number of carbonyl (C=O) groups excluding carboxylic acids is 1. The van der Waals surface area contributed by atoms with Gasteiger partial charge >= 0.3 is 5.97 Å². The topological polar surface area (TPSA) is 374 Å². The van der Waals surface area contributed by atoms with Crippen molar-refractivity contribution >= 4 is 5.97 Å². The van der Waals surface area contributed by atoms with Crippen molar-refractivity contribution in [1.82, 2.24) is 0 Å². The molecule has 8 fully saturated rings. The highest BCUT2D eigenvalue weighted by molar-refractivity contribution is 5.79. The second kappa shape index (κ2) is 21.0. The van der Waals surface area contributed by atoms with Crippen molar-refractivity contribution in [2.24, 2.45) is 44.8 Å². The lowest BCUT2D eigenvalue weighted by Gasteiger charge is -2.71. The SMILES string of the molecule is CC1(O)CCC2(C(=O)O[C@@H]3O[C@H](CO)[C@@H](O)[C@H](O)[C@H]3O)CCC3(C)C(=CCC4C5(C)CCC(O[C@@H]6OC[C@H](O[C@@H]7O[C@H](CO)[C@@H](O)[C@H](O)[C@H]7O)[C@H](O)[C@H]6O[C@@H]6O[C@H](CO)[C@@H](O)[C@H](O)[C@H]6O)C(C)(C)C5CCC43C)C2C1. The summed E-state index contributed by atoms with van der Waals surface area (Å²) in [6, 6.07) is 0. The number of ether oxygens (including phenoxy) is 8. The summed E-state index contributed by atoms with van der Waals surface area (Å²) in [4.78, 5) is 14.7. The maximum absolute atomic E-state index is 14.7. The summed E-state index contributed by atoms with van der Waals surface area (Å²) in [7, 11) is 0. The molecule has 4 saturated heterocycles. The van der Waals surface area contributed by atoms with E-state index in [1.54, 1.807) is 6.92 Å². The van der Waals surface area contributed by atoms with Crippen molar-refractivity contribution in [3.05, 3.63) is 11.6 Å². The van der Waals surface area contributed by atoms with E-state index < -0.39 is 176 Å². The first kappa shape index (κ1) is 58.0. The van der Waals surface area contributed by atoms with Gasteiger partial charge in [0.1, 0.15) is 91.6 Å². The van der Waals surface area contributed by atoms with Gasteiger partial charge in [0, 0.05) is 0 Å². The Kier molecular flexibility index (Phi) is 16.3. The number of esters is 1. The number of aliphatic hydroxyl groups excluding tert-OH is 13. The average Bonchev–Trinajstić information content (AvgIpc) is 3.36. The number of carbonyl (C=O) groups is 1. The van der Waals surface area contributed by atoms with Crippen LogP contribution in [0.3, 0.4) is 0 Å². The van der Waals surface area contributed by atoms with Crippen LogP contribution in [0.1, 0.15) is 106 Å². The predicted octanol–water partition coefficient (Wildman–Crippen LogP) is -2.67. The van der Waals surface area contributed by atoms with Crippen LogP contribution in [-0.2, 0) is 42.7 Å². The van der Waals surface area contributed by atoms with Crippen LogP contribution in [0.2, 0.25) is 0 Å². The number of allylic oxidation sites excluding steroid dienone is 2. The Balaban J connectivity index is 0.956. The third-order valence-electron chi connectivity index (χ3n) is 20.8. The predicted molar refractivity (Wildman–Crippen MR) is 254 cm³/mol. The highest BCUT2D eigenvalue weighted by Crippen LogP contribution is 2.76. The summed E-state index contributed by atoms with van der Waals surface area (Å²) in [5, 5.41) is 149. The minimum atomic E-state index is -1.87. The fourth-order valence-corrected chi connectivity index (χ4v) is 16.0. The van der Waals surface area contributed by atoms with E-state index in [1.807, 2.05) is 0 Å². The quantitative estimate of drug-likeness (QED) is 0.0570. The van der Waals surface area contributed by atoms with E-state index in [2.05, 4.69) is 40.7 Å². The van der Waals surface area contributed by atoms with Crippen LogP contribution in [0.25, 0.3) is 0 Å². The molecule has 9 aliphatic rings. The van der Waals surface area contributed by atoms with Gasteiger partial charge in [0.25, 0.3) is 0 Å². The maximum atomic E-state index is 14.7. The lowest BCUT2D eigenvalue weighted by atomic mass is 9.33. The van der Waals surface area contributed by atoms with E-state index in [-0.39, 0.29) is 29.3 Å². The normalized spacial score (nSPS) is 54.8. The van der Waals surface area contributed by atoms with Crippen LogP contribution in [0, 0.1) is 44.8 Å². The van der Waals surface area contributed by atoms with Gasteiger partial charge in [-0.05, 0) is 111 Å². The van der Waals surface area contributed by atoms with Crippen LogP contribution in [0.4, 0.5) is 0 Å². The Morgan fingerprint density at radius 2 is 1.12 bits per heavy atom. The summed E-state index contributed by atoms with van der Waals surface area (Å²) >= 11 is 0. The average molecular weight is 1080 g/mol. The number of aliphatic hydroxyl groups is 14. The molecular weight excluding hydrogens is 993 g/mol. The minimum absolute atomic E-state index is 0.0765. The highest BCUT2D eigenvalue weighted by atomic mass is 16.8. The standard InChI is InChI=1S/C52H84O23/c1-47(2)28-9-12-51(6)29(8-7-22-23-17-48(3,67)13-15-52(23,16-14-50(22,51)5)46(66)75-44-40(65)37(62)33(58)26(20-55)71-44)49(28,4)11-10-30(47)73-45-41(74-43-39(64)36(61)32(57)25(19-54)70-43)34(59)27(21-68-45)72-42-38(63)35(60)31(56)24(18-53)69-42/h7,23-45,53-65,67H,8-21H2,1-6H3/t23?,24-,25-,26-,27+,28?,29?,30?,31-,32-,33-,34+,35+,36+,37+,38-,39-,40-,41-,42+,43+,44+,45+,48?,49?,50?,51?,52?/m1/s1. The fourth-order valence-electron chi connectivity index (χ4n) is 16.0. The molecule has 9 unspecified atom stereocenters. The Bertz CT molecular complexity index is 2060. The third kappa shape index (κ3) is 9.49. The first-order valence-electron chi connectivity index (χ1n) is 27.0. The van der Waals surface area contributed by atoms with Crippen molar-refractivity contribution in [2.45, 2.75) is 234 Å². The zero-order valence-electron chi connectivity index (χ0n) is 43.7. The van der Waals surface area contributed by atoms with Gasteiger partial charge in [-0.25, -0.2) is 0 Å². The molecule has 0 bridgehead atoms. The van der Waals surface area contributed by atoms with Crippen LogP contribution in [0.15, 0.2) is 11.6 Å². The summed E-state index contributed by atoms with van der Waals surface area (Å²) in [5.74, 6) is -0.809. The molecule has 5 aliphatic carbocycles. The second-order valence-corrected chi connectivity index (χ2v) is 25.2. The van der Waals surface area contributed by atoms with Gasteiger partial charge in [0.15, 0.2) is 18.9 Å². The van der Waals surface area contributed by atoms with Gasteiger partial charge in [0.05, 0.1) is 43.5 Å². The molecule has 0 amide bonds. The van der Waals surface area contributed by atoms with Crippen molar-refractivity contribution in [1.29, 1.82) is 0 Å². The van der Waals surface area contributed by atoms with E-state index in [0.29, 0.717) is 44.9 Å². The van der Waals surface area contributed by atoms with E-state index in [1.165, 1.54) is 0 Å². The second-order valence-electron chi connectivity index (χ2n) is 25.2. The molecule has 9 rings (SSSR count). The monoisotopic (exact) mass is 1080 g/mol. The van der Waals surface area contributed by atoms with Crippen LogP contribution < -0.4 is 0 Å². The fraction of sp³-hybridized carbons (Fsp3) is 0.942. The molecule has 23 heteroatoms. The number of fused-ring (bicyclic) bond motifs is 7. The van der Waals surface area contributed by atoms with E-state index in [4.69, 9.17) is 37.9 Å². The first-order chi connectivity index (χ1) is 35.1. The Hall–Kier alpha value is -1.63. The van der Waals surface area contributed by atoms with Crippen molar-refractivity contribution < 1.29 is 114 Å². The Labute approximate surface area is 436 Å². The lowest BCUT2D eigenvalue weighted by molar-refractivity contribution is -0.382. The molecule has 14 N–H and O–H groups in total.